The average Bonchev–Trinajstić information content (AvgIpc) is 2.35. The van der Waals surface area contributed by atoms with Crippen molar-refractivity contribution in [2.45, 2.75) is 53.5 Å². The third-order valence-corrected chi connectivity index (χ3v) is 4.08. The monoisotopic (exact) mass is 288 g/mol. The lowest BCUT2D eigenvalue weighted by molar-refractivity contribution is -0.133. The normalized spacial score (nSPS) is 16.5. The van der Waals surface area contributed by atoms with Gasteiger partial charge in [-0.25, -0.2) is 0 Å². The number of anilines is 1. The van der Waals surface area contributed by atoms with E-state index in [0.717, 1.165) is 25.1 Å². The molecule has 0 spiro atoms. The van der Waals surface area contributed by atoms with E-state index in [2.05, 4.69) is 33.8 Å². The van der Waals surface area contributed by atoms with E-state index in [-0.39, 0.29) is 11.3 Å². The van der Waals surface area contributed by atoms with Gasteiger partial charge in [0.25, 0.3) is 0 Å². The molecule has 1 atom stereocenters. The molecule has 0 saturated heterocycles. The number of rotatable bonds is 3. The molecular formula is C18H28N2O. The van der Waals surface area contributed by atoms with Gasteiger partial charge < -0.3 is 10.6 Å². The Morgan fingerprint density at radius 1 is 1.33 bits per heavy atom. The van der Waals surface area contributed by atoms with E-state index < -0.39 is 0 Å². The molecule has 1 amide bonds. The fourth-order valence-electron chi connectivity index (χ4n) is 3.33. The summed E-state index contributed by atoms with van der Waals surface area (Å²) >= 11 is 0. The number of amides is 1. The van der Waals surface area contributed by atoms with Gasteiger partial charge in [-0.3, -0.25) is 4.79 Å². The lowest BCUT2D eigenvalue weighted by Gasteiger charge is -2.31. The lowest BCUT2D eigenvalue weighted by Crippen LogP contribution is -2.37. The standard InChI is InChI=1S/C18H28N2O/c1-13(11-18(2,3)4)9-17(21)20-8-7-14-5-6-16(19)10-15(14)12-20/h5-6,10,13H,7-9,11-12,19H2,1-4H3. The number of benzene rings is 1. The summed E-state index contributed by atoms with van der Waals surface area (Å²) in [5, 5.41) is 0. The minimum atomic E-state index is 0.278. The second-order valence-electron chi connectivity index (χ2n) is 7.67. The van der Waals surface area contributed by atoms with Crippen LogP contribution in [0.4, 0.5) is 5.69 Å². The fraction of sp³-hybridized carbons (Fsp3) is 0.611. The van der Waals surface area contributed by atoms with E-state index in [1.165, 1.54) is 11.1 Å². The molecule has 0 radical (unpaired) electrons. The summed E-state index contributed by atoms with van der Waals surface area (Å²) in [5.41, 5.74) is 9.45. The Balaban J connectivity index is 1.96. The molecular weight excluding hydrogens is 260 g/mol. The summed E-state index contributed by atoms with van der Waals surface area (Å²) in [7, 11) is 0. The van der Waals surface area contributed by atoms with Crippen molar-refractivity contribution in [3.8, 4) is 0 Å². The molecule has 3 heteroatoms. The molecule has 1 aliphatic rings. The molecule has 3 nitrogen and oxygen atoms in total. The maximum Gasteiger partial charge on any atom is 0.223 e. The highest BCUT2D eigenvalue weighted by Crippen LogP contribution is 2.27. The fourth-order valence-corrected chi connectivity index (χ4v) is 3.33. The number of fused-ring (bicyclic) bond motifs is 1. The third-order valence-electron chi connectivity index (χ3n) is 4.08. The molecule has 1 unspecified atom stereocenters. The number of nitrogen functional groups attached to an aromatic ring is 1. The van der Waals surface area contributed by atoms with Gasteiger partial charge in [-0.2, -0.15) is 0 Å². The number of carbonyl (C=O) groups is 1. The minimum Gasteiger partial charge on any atom is -0.399 e. The minimum absolute atomic E-state index is 0.278. The molecule has 2 N–H and O–H groups in total. The molecule has 0 fully saturated rings. The topological polar surface area (TPSA) is 46.3 Å². The number of nitrogens with zero attached hydrogens (tertiary/aromatic N) is 1. The van der Waals surface area contributed by atoms with Crippen molar-refractivity contribution in [1.82, 2.24) is 4.90 Å². The van der Waals surface area contributed by atoms with Crippen LogP contribution in [-0.2, 0) is 17.8 Å². The first kappa shape index (κ1) is 15.9. The number of hydrogen-bond donors (Lipinski definition) is 1. The van der Waals surface area contributed by atoms with Gasteiger partial charge in [0.2, 0.25) is 5.91 Å². The summed E-state index contributed by atoms with van der Waals surface area (Å²) in [6.45, 7) is 10.4. The molecule has 0 aromatic heterocycles. The van der Waals surface area contributed by atoms with Crippen molar-refractivity contribution >= 4 is 11.6 Å². The Kier molecular flexibility index (Phi) is 4.60. The van der Waals surface area contributed by atoms with Gasteiger partial charge in [0.05, 0.1) is 0 Å². The van der Waals surface area contributed by atoms with Crippen LogP contribution in [0.1, 0.15) is 51.7 Å². The van der Waals surface area contributed by atoms with Crippen LogP contribution in [0.2, 0.25) is 0 Å². The highest BCUT2D eigenvalue weighted by molar-refractivity contribution is 5.76. The van der Waals surface area contributed by atoms with Crippen LogP contribution in [0.25, 0.3) is 0 Å². The van der Waals surface area contributed by atoms with Crippen molar-refractivity contribution in [2.24, 2.45) is 11.3 Å². The second-order valence-corrected chi connectivity index (χ2v) is 7.67. The van der Waals surface area contributed by atoms with Crippen LogP contribution in [-0.4, -0.2) is 17.4 Å². The Morgan fingerprint density at radius 3 is 2.71 bits per heavy atom. The zero-order chi connectivity index (χ0) is 15.6. The molecule has 0 saturated carbocycles. The van der Waals surface area contributed by atoms with E-state index in [1.54, 1.807) is 0 Å². The first-order chi connectivity index (χ1) is 9.74. The Bertz CT molecular complexity index is 516. The van der Waals surface area contributed by atoms with Gasteiger partial charge in [-0.1, -0.05) is 33.8 Å². The van der Waals surface area contributed by atoms with Crippen LogP contribution >= 0.6 is 0 Å². The first-order valence-electron chi connectivity index (χ1n) is 7.89. The van der Waals surface area contributed by atoms with Crippen molar-refractivity contribution < 1.29 is 4.79 Å². The van der Waals surface area contributed by atoms with Gasteiger partial charge in [-0.15, -0.1) is 0 Å². The van der Waals surface area contributed by atoms with Crippen LogP contribution in [0.5, 0.6) is 0 Å². The highest BCUT2D eigenvalue weighted by atomic mass is 16.2. The Hall–Kier alpha value is -1.51. The molecule has 116 valence electrons. The number of nitrogens with two attached hydrogens (primary N) is 1. The van der Waals surface area contributed by atoms with Crippen molar-refractivity contribution in [1.29, 1.82) is 0 Å². The van der Waals surface area contributed by atoms with Gasteiger partial charge in [0.1, 0.15) is 0 Å². The van der Waals surface area contributed by atoms with Crippen molar-refractivity contribution in [2.75, 3.05) is 12.3 Å². The molecule has 0 bridgehead atoms. The van der Waals surface area contributed by atoms with Crippen LogP contribution in [0.3, 0.4) is 0 Å². The van der Waals surface area contributed by atoms with Crippen molar-refractivity contribution in [3.05, 3.63) is 29.3 Å². The zero-order valence-corrected chi connectivity index (χ0v) is 13.8. The quantitative estimate of drug-likeness (QED) is 0.864. The highest BCUT2D eigenvalue weighted by Gasteiger charge is 2.24. The number of carbonyl (C=O) groups excluding carboxylic acids is 1. The summed E-state index contributed by atoms with van der Waals surface area (Å²) in [6, 6.07) is 6.05. The Morgan fingerprint density at radius 2 is 2.05 bits per heavy atom. The summed E-state index contributed by atoms with van der Waals surface area (Å²) in [5.74, 6) is 0.708. The third kappa shape index (κ3) is 4.48. The molecule has 21 heavy (non-hydrogen) atoms. The largest absolute Gasteiger partial charge is 0.399 e. The molecule has 1 heterocycles. The second kappa shape index (κ2) is 6.08. The zero-order valence-electron chi connectivity index (χ0n) is 13.8. The Labute approximate surface area is 128 Å². The van der Waals surface area contributed by atoms with E-state index >= 15 is 0 Å². The molecule has 1 aliphatic heterocycles. The maximum atomic E-state index is 12.5. The van der Waals surface area contributed by atoms with Gasteiger partial charge in [-0.05, 0) is 47.4 Å². The molecule has 2 rings (SSSR count). The maximum absolute atomic E-state index is 12.5. The van der Waals surface area contributed by atoms with E-state index in [4.69, 9.17) is 5.73 Å². The summed E-state index contributed by atoms with van der Waals surface area (Å²) < 4.78 is 0. The summed E-state index contributed by atoms with van der Waals surface area (Å²) in [4.78, 5) is 14.5. The van der Waals surface area contributed by atoms with Gasteiger partial charge >= 0.3 is 0 Å². The average molecular weight is 288 g/mol. The van der Waals surface area contributed by atoms with E-state index in [1.807, 2.05) is 17.0 Å². The molecule has 1 aromatic carbocycles. The van der Waals surface area contributed by atoms with E-state index in [9.17, 15) is 4.79 Å². The predicted molar refractivity (Wildman–Crippen MR) is 87.8 cm³/mol. The van der Waals surface area contributed by atoms with Crippen LogP contribution in [0, 0.1) is 11.3 Å². The summed E-state index contributed by atoms with van der Waals surface area (Å²) in [6.07, 6.45) is 2.67. The first-order valence-corrected chi connectivity index (χ1v) is 7.89. The molecule has 1 aromatic rings. The van der Waals surface area contributed by atoms with Gasteiger partial charge in [0, 0.05) is 25.2 Å². The number of hydrogen-bond acceptors (Lipinski definition) is 2. The van der Waals surface area contributed by atoms with Gasteiger partial charge in [0.15, 0.2) is 0 Å². The smallest absolute Gasteiger partial charge is 0.223 e. The SMILES string of the molecule is CC(CC(=O)N1CCc2ccc(N)cc2C1)CC(C)(C)C. The van der Waals surface area contributed by atoms with Crippen molar-refractivity contribution in [3.63, 3.8) is 0 Å². The van der Waals surface area contributed by atoms with Crippen LogP contribution < -0.4 is 5.73 Å². The molecule has 0 aliphatic carbocycles. The predicted octanol–water partition coefficient (Wildman–Crippen LogP) is 3.62. The lowest BCUT2D eigenvalue weighted by atomic mass is 9.84. The van der Waals surface area contributed by atoms with Crippen LogP contribution in [0.15, 0.2) is 18.2 Å². The van der Waals surface area contributed by atoms with E-state index in [0.29, 0.717) is 18.9 Å².